The number of fused-ring (bicyclic) bond motifs is 1. The number of aromatic nitrogens is 1. The third-order valence-corrected chi connectivity index (χ3v) is 5.12. The lowest BCUT2D eigenvalue weighted by Gasteiger charge is -2.22. The number of rotatable bonds is 7. The number of carbonyl (C=O) groups excluding carboxylic acids is 1. The summed E-state index contributed by atoms with van der Waals surface area (Å²) in [6.45, 7) is 3.20. The molecule has 1 amide bonds. The number of hydrogen-bond acceptors (Lipinski definition) is 5. The number of nitrogens with zero attached hydrogens (tertiary/aromatic N) is 3. The van der Waals surface area contributed by atoms with Crippen LogP contribution in [0.1, 0.15) is 17.3 Å². The summed E-state index contributed by atoms with van der Waals surface area (Å²) in [5.41, 5.74) is 0.121. The van der Waals surface area contributed by atoms with Crippen LogP contribution in [0.3, 0.4) is 0 Å². The number of hydrogen-bond donors (Lipinski definition) is 0. The normalized spacial score (nSPS) is 10.8. The summed E-state index contributed by atoms with van der Waals surface area (Å²) >= 11 is 1.28. The van der Waals surface area contributed by atoms with Crippen LogP contribution in [-0.2, 0) is 0 Å². The molecule has 0 aliphatic carbocycles. The van der Waals surface area contributed by atoms with E-state index < -0.39 is 23.1 Å². The summed E-state index contributed by atoms with van der Waals surface area (Å²) in [5.74, 6) is -1.82. The minimum atomic E-state index is -0.889. The monoisotopic (exact) mass is 441 g/mol. The lowest BCUT2D eigenvalue weighted by Crippen LogP contribution is -2.37. The maximum atomic E-state index is 14.2. The van der Waals surface area contributed by atoms with Crippen LogP contribution in [0.25, 0.3) is 10.2 Å². The van der Waals surface area contributed by atoms with Crippen molar-refractivity contribution in [3.8, 4) is 5.75 Å². The number of halogens is 3. The van der Waals surface area contributed by atoms with Gasteiger partial charge in [0.1, 0.15) is 22.9 Å². The van der Waals surface area contributed by atoms with Crippen LogP contribution in [0.2, 0.25) is 0 Å². The first-order valence-electron chi connectivity index (χ1n) is 8.84. The molecule has 9 heteroatoms. The number of ether oxygens (including phenoxy) is 1. The van der Waals surface area contributed by atoms with E-state index in [1.807, 2.05) is 32.0 Å². The lowest BCUT2D eigenvalue weighted by molar-refractivity contribution is 0.0977. The first-order chi connectivity index (χ1) is 13.4. The third kappa shape index (κ3) is 5.20. The number of thiazole rings is 1. The maximum absolute atomic E-state index is 14.2. The summed E-state index contributed by atoms with van der Waals surface area (Å²) in [4.78, 5) is 20.7. The molecule has 0 aliphatic heterocycles. The van der Waals surface area contributed by atoms with Gasteiger partial charge in [-0.3, -0.25) is 9.69 Å². The molecule has 0 saturated carbocycles. The SMILES string of the molecule is CCOc1ccc2nc(N(CCN(C)C)C(=O)c3c(F)cccc3F)sc2c1.Cl. The summed E-state index contributed by atoms with van der Waals surface area (Å²) in [5, 5.41) is 0.387. The predicted octanol–water partition coefficient (Wildman–Crippen LogP) is 4.60. The fraction of sp³-hybridized carbons (Fsp3) is 0.300. The summed E-state index contributed by atoms with van der Waals surface area (Å²) in [7, 11) is 3.72. The highest BCUT2D eigenvalue weighted by molar-refractivity contribution is 7.22. The van der Waals surface area contributed by atoms with Crippen molar-refractivity contribution in [2.75, 3.05) is 38.7 Å². The van der Waals surface area contributed by atoms with Gasteiger partial charge < -0.3 is 9.64 Å². The quantitative estimate of drug-likeness (QED) is 0.537. The van der Waals surface area contributed by atoms with Gasteiger partial charge in [-0.25, -0.2) is 13.8 Å². The van der Waals surface area contributed by atoms with Crippen molar-refractivity contribution in [1.29, 1.82) is 0 Å². The smallest absolute Gasteiger partial charge is 0.266 e. The first-order valence-corrected chi connectivity index (χ1v) is 9.66. The molecule has 156 valence electrons. The fourth-order valence-electron chi connectivity index (χ4n) is 2.69. The standard InChI is InChI=1S/C20H21F2N3O2S.ClH/c1-4-27-13-8-9-16-17(12-13)28-20(23-16)25(11-10-24(2)3)19(26)18-14(21)6-5-7-15(18)22;/h5-9,12H,4,10-11H2,1-3H3;1H. The van der Waals surface area contributed by atoms with Gasteiger partial charge in [0.05, 0.1) is 16.8 Å². The Balaban J connectivity index is 0.00000300. The molecule has 3 aromatic rings. The van der Waals surface area contributed by atoms with Gasteiger partial charge in [0, 0.05) is 13.1 Å². The van der Waals surface area contributed by atoms with Crippen LogP contribution >= 0.6 is 23.7 Å². The van der Waals surface area contributed by atoms with E-state index in [4.69, 9.17) is 4.74 Å². The van der Waals surface area contributed by atoms with Gasteiger partial charge in [0.25, 0.3) is 5.91 Å². The van der Waals surface area contributed by atoms with E-state index in [0.717, 1.165) is 16.8 Å². The van der Waals surface area contributed by atoms with Crippen molar-refractivity contribution >= 4 is 45.0 Å². The number of benzene rings is 2. The van der Waals surface area contributed by atoms with E-state index in [9.17, 15) is 13.6 Å². The van der Waals surface area contributed by atoms with Gasteiger partial charge in [0.2, 0.25) is 0 Å². The molecule has 2 aromatic carbocycles. The molecule has 0 atom stereocenters. The van der Waals surface area contributed by atoms with E-state index in [1.165, 1.54) is 22.3 Å². The van der Waals surface area contributed by atoms with E-state index in [-0.39, 0.29) is 19.0 Å². The molecule has 0 aliphatic rings. The van der Waals surface area contributed by atoms with Crippen molar-refractivity contribution in [3.05, 3.63) is 53.6 Å². The van der Waals surface area contributed by atoms with Gasteiger partial charge in [-0.1, -0.05) is 17.4 Å². The maximum Gasteiger partial charge on any atom is 0.266 e. The molecule has 0 spiro atoms. The Kier molecular flexibility index (Phi) is 7.89. The molecule has 0 fully saturated rings. The molecule has 0 saturated heterocycles. The van der Waals surface area contributed by atoms with Crippen LogP contribution in [0.5, 0.6) is 5.75 Å². The Morgan fingerprint density at radius 2 is 1.83 bits per heavy atom. The molecule has 0 unspecified atom stereocenters. The number of amides is 1. The molecule has 1 aromatic heterocycles. The van der Waals surface area contributed by atoms with Crippen LogP contribution in [0, 0.1) is 11.6 Å². The van der Waals surface area contributed by atoms with E-state index >= 15 is 0 Å². The summed E-state index contributed by atoms with van der Waals surface area (Å²) in [6, 6.07) is 8.84. The zero-order chi connectivity index (χ0) is 20.3. The van der Waals surface area contributed by atoms with Gasteiger partial charge in [0.15, 0.2) is 5.13 Å². The molecule has 1 heterocycles. The second kappa shape index (κ2) is 9.96. The highest BCUT2D eigenvalue weighted by Gasteiger charge is 2.26. The third-order valence-electron chi connectivity index (χ3n) is 4.08. The van der Waals surface area contributed by atoms with Crippen molar-refractivity contribution in [3.63, 3.8) is 0 Å². The van der Waals surface area contributed by atoms with Gasteiger partial charge in [-0.05, 0) is 51.4 Å². The van der Waals surface area contributed by atoms with Crippen molar-refractivity contribution in [1.82, 2.24) is 9.88 Å². The largest absolute Gasteiger partial charge is 0.494 e. The second-order valence-electron chi connectivity index (χ2n) is 6.42. The predicted molar refractivity (Wildman–Crippen MR) is 115 cm³/mol. The van der Waals surface area contributed by atoms with Gasteiger partial charge >= 0.3 is 0 Å². The highest BCUT2D eigenvalue weighted by Crippen LogP contribution is 2.32. The van der Waals surface area contributed by atoms with Crippen molar-refractivity contribution < 1.29 is 18.3 Å². The molecule has 3 rings (SSSR count). The Hall–Kier alpha value is -2.29. The lowest BCUT2D eigenvalue weighted by atomic mass is 10.1. The number of anilines is 1. The molecule has 0 radical (unpaired) electrons. The minimum absolute atomic E-state index is 0. The Labute approximate surface area is 178 Å². The molecule has 0 bridgehead atoms. The van der Waals surface area contributed by atoms with Crippen LogP contribution in [0.4, 0.5) is 13.9 Å². The topological polar surface area (TPSA) is 45.7 Å². The van der Waals surface area contributed by atoms with Crippen LogP contribution in [0.15, 0.2) is 36.4 Å². The zero-order valence-corrected chi connectivity index (χ0v) is 17.9. The highest BCUT2D eigenvalue weighted by atomic mass is 35.5. The average molecular weight is 442 g/mol. The zero-order valence-electron chi connectivity index (χ0n) is 16.3. The second-order valence-corrected chi connectivity index (χ2v) is 7.42. The Morgan fingerprint density at radius 1 is 1.14 bits per heavy atom. The summed E-state index contributed by atoms with van der Waals surface area (Å²) in [6.07, 6.45) is 0. The van der Waals surface area contributed by atoms with E-state index in [1.54, 1.807) is 12.1 Å². The minimum Gasteiger partial charge on any atom is -0.494 e. The van der Waals surface area contributed by atoms with Gasteiger partial charge in [-0.2, -0.15) is 0 Å². The van der Waals surface area contributed by atoms with Crippen LogP contribution in [-0.4, -0.2) is 49.6 Å². The van der Waals surface area contributed by atoms with Gasteiger partial charge in [-0.15, -0.1) is 12.4 Å². The molecular formula is C20H22ClF2N3O2S. The molecule has 5 nitrogen and oxygen atoms in total. The molecule has 29 heavy (non-hydrogen) atoms. The van der Waals surface area contributed by atoms with Crippen LogP contribution < -0.4 is 9.64 Å². The molecule has 0 N–H and O–H groups in total. The van der Waals surface area contributed by atoms with Crippen molar-refractivity contribution in [2.24, 2.45) is 0 Å². The average Bonchev–Trinajstić information content (AvgIpc) is 3.04. The van der Waals surface area contributed by atoms with Crippen molar-refractivity contribution in [2.45, 2.75) is 6.92 Å². The number of likely N-dealkylation sites (N-methyl/N-ethyl adjacent to an activating group) is 1. The molecular weight excluding hydrogens is 420 g/mol. The summed E-state index contributed by atoms with van der Waals surface area (Å²) < 4.78 is 34.7. The number of carbonyl (C=O) groups is 1. The fourth-order valence-corrected chi connectivity index (χ4v) is 3.70. The Morgan fingerprint density at radius 3 is 2.45 bits per heavy atom. The van der Waals surface area contributed by atoms with E-state index in [2.05, 4.69) is 4.98 Å². The Bertz CT molecular complexity index is 977. The first kappa shape index (κ1) is 23.0. The van der Waals surface area contributed by atoms with E-state index in [0.29, 0.717) is 29.5 Å².